The lowest BCUT2D eigenvalue weighted by atomic mass is 9.68. The Labute approximate surface area is 224 Å². The van der Waals surface area contributed by atoms with Crippen molar-refractivity contribution in [2.24, 2.45) is 17.8 Å². The summed E-state index contributed by atoms with van der Waals surface area (Å²) >= 11 is 0. The largest absolute Gasteiger partial charge is 0.203 e. The van der Waals surface area contributed by atoms with Gasteiger partial charge in [0.15, 0.2) is 23.3 Å². The van der Waals surface area contributed by atoms with Gasteiger partial charge in [0, 0.05) is 11.1 Å². The van der Waals surface area contributed by atoms with Crippen LogP contribution in [-0.2, 0) is 6.42 Å². The van der Waals surface area contributed by atoms with Gasteiger partial charge < -0.3 is 0 Å². The smallest absolute Gasteiger partial charge is 0.166 e. The number of benzene rings is 3. The number of hydrogen-bond acceptors (Lipinski definition) is 0. The maximum Gasteiger partial charge on any atom is 0.166 e. The van der Waals surface area contributed by atoms with Crippen LogP contribution in [-0.4, -0.2) is 0 Å². The van der Waals surface area contributed by atoms with Crippen molar-refractivity contribution in [3.63, 3.8) is 0 Å². The lowest BCUT2D eigenvalue weighted by Crippen LogP contribution is -2.25. The third-order valence-corrected chi connectivity index (χ3v) is 9.24. The van der Waals surface area contributed by atoms with Gasteiger partial charge in [0.05, 0.1) is 0 Å². The molecule has 2 aliphatic carbocycles. The molecule has 0 N–H and O–H groups in total. The second kappa shape index (κ2) is 11.6. The van der Waals surface area contributed by atoms with Crippen molar-refractivity contribution in [1.82, 2.24) is 0 Å². The Balaban J connectivity index is 1.29. The Kier molecular flexibility index (Phi) is 8.26. The molecule has 0 atom stereocenters. The summed E-state index contributed by atoms with van der Waals surface area (Å²) in [6.45, 7) is 4.26. The van der Waals surface area contributed by atoms with Crippen molar-refractivity contribution < 1.29 is 17.6 Å². The van der Waals surface area contributed by atoms with E-state index in [0.717, 1.165) is 49.9 Å². The number of hydrogen-bond donors (Lipinski definition) is 0. The molecule has 5 rings (SSSR count). The van der Waals surface area contributed by atoms with Crippen molar-refractivity contribution in [1.29, 1.82) is 0 Å². The van der Waals surface area contributed by atoms with E-state index in [1.807, 2.05) is 6.92 Å². The van der Waals surface area contributed by atoms with E-state index in [1.54, 1.807) is 48.5 Å². The normalized spacial score (nSPS) is 23.9. The highest BCUT2D eigenvalue weighted by Crippen LogP contribution is 2.45. The van der Waals surface area contributed by atoms with Crippen molar-refractivity contribution in [2.45, 2.75) is 84.0 Å². The number of halogens is 4. The first-order chi connectivity index (χ1) is 18.4. The van der Waals surface area contributed by atoms with E-state index in [1.165, 1.54) is 25.7 Å². The topological polar surface area (TPSA) is 0 Å². The molecule has 2 saturated carbocycles. The van der Waals surface area contributed by atoms with Gasteiger partial charge in [-0.2, -0.15) is 0 Å². The molecule has 4 heteroatoms. The molecule has 38 heavy (non-hydrogen) atoms. The molecular weight excluding hydrogens is 484 g/mol. The summed E-state index contributed by atoms with van der Waals surface area (Å²) < 4.78 is 59.7. The van der Waals surface area contributed by atoms with Crippen molar-refractivity contribution in [3.05, 3.63) is 82.9 Å². The van der Waals surface area contributed by atoms with E-state index < -0.39 is 23.3 Å². The maximum absolute atomic E-state index is 15.3. The van der Waals surface area contributed by atoms with Crippen LogP contribution in [0, 0.1) is 41.0 Å². The molecule has 0 heterocycles. The van der Waals surface area contributed by atoms with E-state index in [2.05, 4.69) is 6.92 Å². The predicted molar refractivity (Wildman–Crippen MR) is 147 cm³/mol. The summed E-state index contributed by atoms with van der Waals surface area (Å²) in [4.78, 5) is 0. The fraction of sp³-hybridized carbons (Fsp3) is 0.471. The van der Waals surface area contributed by atoms with E-state index in [-0.39, 0.29) is 17.0 Å². The summed E-state index contributed by atoms with van der Waals surface area (Å²) in [7, 11) is 0. The Bertz CT molecular complexity index is 1250. The molecular formula is C34H38F4. The summed E-state index contributed by atoms with van der Waals surface area (Å²) in [5, 5.41) is 0. The molecule has 3 aromatic carbocycles. The van der Waals surface area contributed by atoms with E-state index >= 15 is 8.78 Å². The Hall–Kier alpha value is -2.62. The monoisotopic (exact) mass is 522 g/mol. The predicted octanol–water partition coefficient (Wildman–Crippen LogP) is 10.6. The molecule has 0 bridgehead atoms. The van der Waals surface area contributed by atoms with Crippen LogP contribution in [0.1, 0.15) is 88.7 Å². The first kappa shape index (κ1) is 27.0. The van der Waals surface area contributed by atoms with Gasteiger partial charge in [-0.15, -0.1) is 0 Å². The van der Waals surface area contributed by atoms with Gasteiger partial charge in [-0.1, -0.05) is 81.6 Å². The summed E-state index contributed by atoms with van der Waals surface area (Å²) in [6.07, 6.45) is 10.5. The maximum atomic E-state index is 15.3. The summed E-state index contributed by atoms with van der Waals surface area (Å²) in [5.74, 6) is -0.841. The van der Waals surface area contributed by atoms with Crippen molar-refractivity contribution in [2.75, 3.05) is 0 Å². The molecule has 0 unspecified atom stereocenters. The van der Waals surface area contributed by atoms with Crippen LogP contribution in [0.15, 0.2) is 48.5 Å². The quantitative estimate of drug-likeness (QED) is 0.282. The van der Waals surface area contributed by atoms with Gasteiger partial charge in [0.1, 0.15) is 0 Å². The van der Waals surface area contributed by atoms with Crippen LogP contribution in [0.5, 0.6) is 0 Å². The highest BCUT2D eigenvalue weighted by molar-refractivity contribution is 5.71. The first-order valence-electron chi connectivity index (χ1n) is 14.4. The van der Waals surface area contributed by atoms with Crippen LogP contribution in [0.2, 0.25) is 0 Å². The molecule has 3 aromatic rings. The lowest BCUT2D eigenvalue weighted by molar-refractivity contribution is 0.164. The van der Waals surface area contributed by atoms with Crippen LogP contribution in [0.4, 0.5) is 17.6 Å². The van der Waals surface area contributed by atoms with Gasteiger partial charge in [0.25, 0.3) is 0 Å². The lowest BCUT2D eigenvalue weighted by Gasteiger charge is -2.37. The highest BCUT2D eigenvalue weighted by atomic mass is 19.2. The molecule has 2 aliphatic rings. The molecule has 0 nitrogen and oxygen atoms in total. The molecule has 0 radical (unpaired) electrons. The zero-order valence-electron chi connectivity index (χ0n) is 22.5. The standard InChI is InChI=1S/C34H38F4/c1-3-4-27-17-18-28(32(36)31(27)35)25-13-15-26(16-14-25)30-20-19-29(33(37)34(30)38)24-11-9-23(10-12-24)22-7-5-21(2)6-8-22/h13-24H,3-12H2,1-2H3. The zero-order valence-corrected chi connectivity index (χ0v) is 22.5. The van der Waals surface area contributed by atoms with Gasteiger partial charge >= 0.3 is 0 Å². The first-order valence-corrected chi connectivity index (χ1v) is 14.4. The minimum Gasteiger partial charge on any atom is -0.203 e. The minimum atomic E-state index is -0.877. The zero-order chi connectivity index (χ0) is 26.8. The third kappa shape index (κ3) is 5.42. The molecule has 0 aromatic heterocycles. The molecule has 0 aliphatic heterocycles. The van der Waals surface area contributed by atoms with Gasteiger partial charge in [-0.05, 0) is 90.9 Å². The molecule has 202 valence electrons. The van der Waals surface area contributed by atoms with Crippen LogP contribution < -0.4 is 0 Å². The molecule has 2 fully saturated rings. The summed E-state index contributed by atoms with van der Waals surface area (Å²) in [6, 6.07) is 13.1. The third-order valence-electron chi connectivity index (χ3n) is 9.24. The Morgan fingerprint density at radius 3 is 1.63 bits per heavy atom. The molecule has 0 spiro atoms. The average molecular weight is 523 g/mol. The van der Waals surface area contributed by atoms with Crippen LogP contribution >= 0.6 is 0 Å². The second-order valence-electron chi connectivity index (χ2n) is 11.7. The summed E-state index contributed by atoms with van der Waals surface area (Å²) in [5.41, 5.74) is 2.20. The van der Waals surface area contributed by atoms with Gasteiger partial charge in [-0.3, -0.25) is 0 Å². The minimum absolute atomic E-state index is 0.0632. The second-order valence-corrected chi connectivity index (χ2v) is 11.7. The van der Waals surface area contributed by atoms with Gasteiger partial charge in [-0.25, -0.2) is 17.6 Å². The Morgan fingerprint density at radius 2 is 1.08 bits per heavy atom. The van der Waals surface area contributed by atoms with Crippen molar-refractivity contribution in [3.8, 4) is 22.3 Å². The molecule has 0 amide bonds. The van der Waals surface area contributed by atoms with E-state index in [9.17, 15) is 8.78 Å². The van der Waals surface area contributed by atoms with E-state index in [4.69, 9.17) is 0 Å². The SMILES string of the molecule is CCCc1ccc(-c2ccc(-c3ccc(C4CCC(C5CCC(C)CC5)CC4)c(F)c3F)cc2)c(F)c1F. The number of aryl methyl sites for hydroxylation is 1. The van der Waals surface area contributed by atoms with Crippen molar-refractivity contribution >= 4 is 0 Å². The van der Waals surface area contributed by atoms with E-state index in [0.29, 0.717) is 28.7 Å². The number of rotatable bonds is 6. The molecule has 0 saturated heterocycles. The highest BCUT2D eigenvalue weighted by Gasteiger charge is 2.32. The van der Waals surface area contributed by atoms with Crippen LogP contribution in [0.3, 0.4) is 0 Å². The van der Waals surface area contributed by atoms with Crippen LogP contribution in [0.25, 0.3) is 22.3 Å². The fourth-order valence-corrected chi connectivity index (χ4v) is 6.87. The Morgan fingerprint density at radius 1 is 0.579 bits per heavy atom. The van der Waals surface area contributed by atoms with Gasteiger partial charge in [0.2, 0.25) is 0 Å². The average Bonchev–Trinajstić information content (AvgIpc) is 2.94. The fourth-order valence-electron chi connectivity index (χ4n) is 6.87.